The Balaban J connectivity index is 2.14. The predicted octanol–water partition coefficient (Wildman–Crippen LogP) is 3.37. The molecule has 0 spiro atoms. The molecule has 0 saturated carbocycles. The second kappa shape index (κ2) is 6.71. The summed E-state index contributed by atoms with van der Waals surface area (Å²) in [6.07, 6.45) is 4.56. The van der Waals surface area contributed by atoms with Crippen LogP contribution in [0.1, 0.15) is 32.3 Å². The molecule has 3 nitrogen and oxygen atoms in total. The smallest absolute Gasteiger partial charge is 0.143 e. The summed E-state index contributed by atoms with van der Waals surface area (Å²) in [7, 11) is 0. The second-order valence-corrected chi connectivity index (χ2v) is 6.63. The molecule has 2 rings (SSSR count). The predicted molar refractivity (Wildman–Crippen MR) is 84.7 cm³/mol. The first kappa shape index (κ1) is 14.8. The zero-order valence-electron chi connectivity index (χ0n) is 12.1. The number of hydrogen-bond donors (Lipinski definition) is 1. The van der Waals surface area contributed by atoms with Gasteiger partial charge in [0.2, 0.25) is 0 Å². The molecule has 0 aromatic carbocycles. The summed E-state index contributed by atoms with van der Waals surface area (Å²) in [5.74, 6) is 1.80. The van der Waals surface area contributed by atoms with Gasteiger partial charge in [0.15, 0.2) is 0 Å². The Morgan fingerprint density at radius 2 is 2.32 bits per heavy atom. The van der Waals surface area contributed by atoms with E-state index in [1.807, 2.05) is 6.20 Å². The van der Waals surface area contributed by atoms with Crippen LogP contribution in [0.5, 0.6) is 0 Å². The fourth-order valence-electron chi connectivity index (χ4n) is 2.64. The first-order valence-electron chi connectivity index (χ1n) is 7.17. The normalized spacial score (nSPS) is 19.7. The number of aromatic nitrogens is 1. The molecule has 0 aliphatic carbocycles. The van der Waals surface area contributed by atoms with Crippen molar-refractivity contribution in [3.05, 3.63) is 22.3 Å². The number of nitrogens with one attached hydrogen (secondary N) is 1. The van der Waals surface area contributed by atoms with Gasteiger partial charge in [-0.05, 0) is 80.2 Å². The minimum absolute atomic E-state index is 0.466. The van der Waals surface area contributed by atoms with Gasteiger partial charge < -0.3 is 10.2 Å². The van der Waals surface area contributed by atoms with Crippen LogP contribution in [0.4, 0.5) is 5.82 Å². The van der Waals surface area contributed by atoms with Gasteiger partial charge in [-0.3, -0.25) is 0 Å². The van der Waals surface area contributed by atoms with E-state index in [4.69, 9.17) is 0 Å². The largest absolute Gasteiger partial charge is 0.353 e. The van der Waals surface area contributed by atoms with E-state index in [0.717, 1.165) is 29.3 Å². The molecule has 1 saturated heterocycles. The first-order valence-corrected chi connectivity index (χ1v) is 7.96. The molecule has 1 N–H and O–H groups in total. The maximum Gasteiger partial charge on any atom is 0.143 e. The lowest BCUT2D eigenvalue weighted by Crippen LogP contribution is -2.41. The highest BCUT2D eigenvalue weighted by Crippen LogP contribution is 2.27. The van der Waals surface area contributed by atoms with Gasteiger partial charge in [-0.2, -0.15) is 0 Å². The number of aryl methyl sites for hydroxylation is 1. The highest BCUT2D eigenvalue weighted by atomic mass is 79.9. The molecule has 0 bridgehead atoms. The summed E-state index contributed by atoms with van der Waals surface area (Å²) in [5.41, 5.74) is 1.19. The quantitative estimate of drug-likeness (QED) is 0.919. The van der Waals surface area contributed by atoms with Crippen LogP contribution in [-0.2, 0) is 0 Å². The topological polar surface area (TPSA) is 28.2 Å². The van der Waals surface area contributed by atoms with E-state index in [2.05, 4.69) is 58.0 Å². The Morgan fingerprint density at radius 1 is 1.53 bits per heavy atom. The Kier molecular flexibility index (Phi) is 5.22. The van der Waals surface area contributed by atoms with Gasteiger partial charge in [-0.15, -0.1) is 0 Å². The van der Waals surface area contributed by atoms with Crippen molar-refractivity contribution in [3.63, 3.8) is 0 Å². The van der Waals surface area contributed by atoms with Crippen molar-refractivity contribution < 1.29 is 0 Å². The number of piperidine rings is 1. The number of rotatable bonds is 4. The molecule has 4 heteroatoms. The summed E-state index contributed by atoms with van der Waals surface area (Å²) < 4.78 is 1.10. The third kappa shape index (κ3) is 3.93. The third-order valence-electron chi connectivity index (χ3n) is 3.71. The van der Waals surface area contributed by atoms with Gasteiger partial charge in [-0.1, -0.05) is 0 Å². The van der Waals surface area contributed by atoms with Crippen molar-refractivity contribution in [1.29, 1.82) is 0 Å². The summed E-state index contributed by atoms with van der Waals surface area (Å²) >= 11 is 3.66. The van der Waals surface area contributed by atoms with Gasteiger partial charge in [0, 0.05) is 18.8 Å². The van der Waals surface area contributed by atoms with Gasteiger partial charge in [0.25, 0.3) is 0 Å². The fourth-order valence-corrected chi connectivity index (χ4v) is 3.33. The van der Waals surface area contributed by atoms with E-state index >= 15 is 0 Å². The molecule has 1 aliphatic heterocycles. The number of hydrogen-bond acceptors (Lipinski definition) is 3. The summed E-state index contributed by atoms with van der Waals surface area (Å²) in [5, 5.41) is 3.50. The molecule has 2 heterocycles. The van der Waals surface area contributed by atoms with Crippen LogP contribution in [-0.4, -0.2) is 30.7 Å². The molecule has 1 aliphatic rings. The lowest BCUT2D eigenvalue weighted by Gasteiger charge is -2.34. The Hall–Kier alpha value is -0.610. The van der Waals surface area contributed by atoms with Crippen molar-refractivity contribution in [1.82, 2.24) is 10.3 Å². The average molecular weight is 326 g/mol. The number of pyridine rings is 1. The van der Waals surface area contributed by atoms with Crippen LogP contribution >= 0.6 is 15.9 Å². The maximum atomic E-state index is 4.62. The van der Waals surface area contributed by atoms with Crippen LogP contribution in [0.15, 0.2) is 16.7 Å². The zero-order valence-corrected chi connectivity index (χ0v) is 13.7. The number of anilines is 1. The van der Waals surface area contributed by atoms with Gasteiger partial charge in [-0.25, -0.2) is 4.98 Å². The molecule has 1 unspecified atom stereocenters. The molecule has 1 aromatic rings. The minimum Gasteiger partial charge on any atom is -0.353 e. The summed E-state index contributed by atoms with van der Waals surface area (Å²) in [6, 6.07) is 2.62. The van der Waals surface area contributed by atoms with E-state index in [1.54, 1.807) is 0 Å². The molecule has 0 amide bonds. The maximum absolute atomic E-state index is 4.62. The van der Waals surface area contributed by atoms with Crippen molar-refractivity contribution in [2.45, 2.75) is 39.7 Å². The van der Waals surface area contributed by atoms with Crippen LogP contribution < -0.4 is 10.2 Å². The molecular formula is C15H24BrN3. The SMILES string of the molecule is Cc1cnc(N(CC2CCCNC2)C(C)C)c(Br)c1. The van der Waals surface area contributed by atoms with Gasteiger partial charge in [0.05, 0.1) is 4.47 Å². The van der Waals surface area contributed by atoms with E-state index < -0.39 is 0 Å². The Bertz CT molecular complexity index is 414. The highest BCUT2D eigenvalue weighted by Gasteiger charge is 2.21. The number of halogens is 1. The summed E-state index contributed by atoms with van der Waals surface area (Å²) in [6.45, 7) is 9.94. The lowest BCUT2D eigenvalue weighted by atomic mass is 9.98. The molecule has 1 atom stereocenters. The zero-order chi connectivity index (χ0) is 13.8. The Morgan fingerprint density at radius 3 is 2.89 bits per heavy atom. The Labute approximate surface area is 124 Å². The van der Waals surface area contributed by atoms with Gasteiger partial charge in [0.1, 0.15) is 5.82 Å². The van der Waals surface area contributed by atoms with E-state index in [-0.39, 0.29) is 0 Å². The van der Waals surface area contributed by atoms with Crippen LogP contribution in [0, 0.1) is 12.8 Å². The monoisotopic (exact) mass is 325 g/mol. The standard InChI is InChI=1S/C15H24BrN3/c1-11(2)19(10-13-5-4-6-17-9-13)15-14(16)7-12(3)8-18-15/h7-8,11,13,17H,4-6,9-10H2,1-3H3. The molecule has 0 radical (unpaired) electrons. The first-order chi connectivity index (χ1) is 9.08. The van der Waals surface area contributed by atoms with Crippen LogP contribution in [0.25, 0.3) is 0 Å². The second-order valence-electron chi connectivity index (χ2n) is 5.78. The molecule has 1 fully saturated rings. The van der Waals surface area contributed by atoms with E-state index in [9.17, 15) is 0 Å². The van der Waals surface area contributed by atoms with Crippen molar-refractivity contribution in [2.24, 2.45) is 5.92 Å². The van der Waals surface area contributed by atoms with E-state index in [0.29, 0.717) is 6.04 Å². The average Bonchev–Trinajstić information content (AvgIpc) is 2.38. The molecular weight excluding hydrogens is 302 g/mol. The van der Waals surface area contributed by atoms with Crippen molar-refractivity contribution in [2.75, 3.05) is 24.5 Å². The summed E-state index contributed by atoms with van der Waals surface area (Å²) in [4.78, 5) is 7.04. The molecule has 106 valence electrons. The van der Waals surface area contributed by atoms with Gasteiger partial charge >= 0.3 is 0 Å². The van der Waals surface area contributed by atoms with E-state index in [1.165, 1.54) is 24.9 Å². The third-order valence-corrected chi connectivity index (χ3v) is 4.29. The highest BCUT2D eigenvalue weighted by molar-refractivity contribution is 9.10. The molecule has 1 aromatic heterocycles. The number of nitrogens with zero attached hydrogens (tertiary/aromatic N) is 2. The van der Waals surface area contributed by atoms with Crippen molar-refractivity contribution >= 4 is 21.7 Å². The lowest BCUT2D eigenvalue weighted by molar-refractivity contribution is 0.370. The van der Waals surface area contributed by atoms with Crippen LogP contribution in [0.3, 0.4) is 0 Å². The minimum atomic E-state index is 0.466. The van der Waals surface area contributed by atoms with Crippen LogP contribution in [0.2, 0.25) is 0 Å². The molecule has 19 heavy (non-hydrogen) atoms. The fraction of sp³-hybridized carbons (Fsp3) is 0.667. The van der Waals surface area contributed by atoms with Crippen molar-refractivity contribution in [3.8, 4) is 0 Å².